The molecular formula is C24H22N6O3. The number of nitrogens with one attached hydrogen (secondary N) is 2. The number of benzene rings is 1. The van der Waals surface area contributed by atoms with Crippen molar-refractivity contribution in [1.82, 2.24) is 19.5 Å². The highest BCUT2D eigenvalue weighted by atomic mass is 16.5. The summed E-state index contributed by atoms with van der Waals surface area (Å²) >= 11 is 0. The fraction of sp³-hybridized carbons (Fsp3) is 0.125. The van der Waals surface area contributed by atoms with Gasteiger partial charge in [0.25, 0.3) is 5.91 Å². The summed E-state index contributed by atoms with van der Waals surface area (Å²) in [6.07, 6.45) is 10.4. The highest BCUT2D eigenvalue weighted by Gasteiger charge is 2.13. The van der Waals surface area contributed by atoms with Crippen molar-refractivity contribution < 1.29 is 14.3 Å². The van der Waals surface area contributed by atoms with Crippen molar-refractivity contribution in [1.29, 1.82) is 0 Å². The maximum atomic E-state index is 12.8. The summed E-state index contributed by atoms with van der Waals surface area (Å²) in [4.78, 5) is 37.2. The van der Waals surface area contributed by atoms with Crippen LogP contribution in [0.4, 0.5) is 11.5 Å². The summed E-state index contributed by atoms with van der Waals surface area (Å²) in [5.41, 5.74) is 1.87. The average molecular weight is 442 g/mol. The number of hydrogen-bond donors (Lipinski definition) is 2. The molecule has 4 rings (SSSR count). The normalized spacial score (nSPS) is 10.4. The van der Waals surface area contributed by atoms with Gasteiger partial charge in [0.05, 0.1) is 6.33 Å². The lowest BCUT2D eigenvalue weighted by Crippen LogP contribution is -2.16. The zero-order valence-electron chi connectivity index (χ0n) is 17.7. The molecule has 3 heterocycles. The highest BCUT2D eigenvalue weighted by molar-refractivity contribution is 6.05. The Kier molecular flexibility index (Phi) is 7.01. The van der Waals surface area contributed by atoms with Gasteiger partial charge in [-0.1, -0.05) is 6.07 Å². The van der Waals surface area contributed by atoms with Crippen molar-refractivity contribution in [3.05, 3.63) is 97.0 Å². The van der Waals surface area contributed by atoms with Gasteiger partial charge in [0.15, 0.2) is 11.6 Å². The summed E-state index contributed by atoms with van der Waals surface area (Å²) in [5, 5.41) is 5.59. The number of carbonyl (C=O) groups is 2. The third kappa shape index (κ3) is 6.23. The summed E-state index contributed by atoms with van der Waals surface area (Å²) in [7, 11) is 0. The molecule has 0 saturated carbocycles. The fourth-order valence-corrected chi connectivity index (χ4v) is 3.03. The predicted molar refractivity (Wildman–Crippen MR) is 123 cm³/mol. The predicted octanol–water partition coefficient (Wildman–Crippen LogP) is 3.53. The Labute approximate surface area is 190 Å². The zero-order chi connectivity index (χ0) is 22.9. The Bertz CT molecular complexity index is 1210. The van der Waals surface area contributed by atoms with E-state index < -0.39 is 0 Å². The van der Waals surface area contributed by atoms with E-state index in [2.05, 4.69) is 25.6 Å². The van der Waals surface area contributed by atoms with Gasteiger partial charge < -0.3 is 19.9 Å². The smallest absolute Gasteiger partial charge is 0.256 e. The number of hydrogen-bond acceptors (Lipinski definition) is 6. The van der Waals surface area contributed by atoms with Crippen molar-refractivity contribution >= 4 is 23.3 Å². The minimum atomic E-state index is -0.364. The topological polar surface area (TPSA) is 111 Å². The Morgan fingerprint density at radius 1 is 0.939 bits per heavy atom. The molecule has 0 aliphatic heterocycles. The number of anilines is 2. The van der Waals surface area contributed by atoms with Crippen LogP contribution in [0, 0.1) is 0 Å². The Morgan fingerprint density at radius 2 is 1.82 bits per heavy atom. The molecule has 0 aliphatic rings. The Morgan fingerprint density at radius 3 is 2.64 bits per heavy atom. The lowest BCUT2D eigenvalue weighted by Gasteiger charge is -2.12. The molecule has 0 saturated heterocycles. The van der Waals surface area contributed by atoms with Crippen LogP contribution in [0.25, 0.3) is 0 Å². The quantitative estimate of drug-likeness (QED) is 0.410. The van der Waals surface area contributed by atoms with Crippen molar-refractivity contribution in [3.63, 3.8) is 0 Å². The number of pyridine rings is 2. The van der Waals surface area contributed by atoms with Crippen LogP contribution in [0.2, 0.25) is 0 Å². The maximum Gasteiger partial charge on any atom is 0.256 e. The van der Waals surface area contributed by atoms with Gasteiger partial charge in [-0.3, -0.25) is 14.6 Å². The van der Waals surface area contributed by atoms with E-state index in [9.17, 15) is 9.59 Å². The number of rotatable bonds is 9. The number of nitrogens with zero attached hydrogens (tertiary/aromatic N) is 4. The lowest BCUT2D eigenvalue weighted by molar-refractivity contribution is -0.116. The van der Waals surface area contributed by atoms with Gasteiger partial charge in [0.2, 0.25) is 5.91 Å². The molecule has 9 nitrogen and oxygen atoms in total. The SMILES string of the molecule is O=C(CCn1ccnc1)Nc1cccc(C(=O)Nc2ncccc2OCc2ccncc2)c1. The number of aromatic nitrogens is 4. The number of carbonyl (C=O) groups excluding carboxylic acids is 2. The maximum absolute atomic E-state index is 12.8. The molecule has 33 heavy (non-hydrogen) atoms. The third-order valence-electron chi connectivity index (χ3n) is 4.71. The first-order chi connectivity index (χ1) is 16.2. The number of ether oxygens (including phenoxy) is 1. The first-order valence-electron chi connectivity index (χ1n) is 10.3. The average Bonchev–Trinajstić information content (AvgIpc) is 3.37. The fourth-order valence-electron chi connectivity index (χ4n) is 3.03. The van der Waals surface area contributed by atoms with E-state index in [1.807, 2.05) is 16.7 Å². The summed E-state index contributed by atoms with van der Waals surface area (Å²) in [6.45, 7) is 0.839. The van der Waals surface area contributed by atoms with Crippen LogP contribution in [0.15, 0.2) is 85.8 Å². The van der Waals surface area contributed by atoms with Gasteiger partial charge in [-0.2, -0.15) is 0 Å². The Balaban J connectivity index is 1.37. The number of imidazole rings is 1. The molecular weight excluding hydrogens is 420 g/mol. The van der Waals surface area contributed by atoms with Gasteiger partial charge >= 0.3 is 0 Å². The van der Waals surface area contributed by atoms with Gasteiger partial charge in [0, 0.05) is 55.2 Å². The van der Waals surface area contributed by atoms with Crippen molar-refractivity contribution in [2.24, 2.45) is 0 Å². The van der Waals surface area contributed by atoms with Crippen molar-refractivity contribution in [2.75, 3.05) is 10.6 Å². The lowest BCUT2D eigenvalue weighted by atomic mass is 10.2. The second-order valence-electron chi connectivity index (χ2n) is 7.13. The molecule has 9 heteroatoms. The molecule has 0 aliphatic carbocycles. The van der Waals surface area contributed by atoms with E-state index in [4.69, 9.17) is 4.74 Å². The Hall–Kier alpha value is -4.53. The van der Waals surface area contributed by atoms with Gasteiger partial charge in [-0.15, -0.1) is 0 Å². The molecule has 1 aromatic carbocycles. The molecule has 0 spiro atoms. The minimum Gasteiger partial charge on any atom is -0.485 e. The van der Waals surface area contributed by atoms with Crippen LogP contribution in [0.1, 0.15) is 22.3 Å². The van der Waals surface area contributed by atoms with Crippen LogP contribution in [-0.4, -0.2) is 31.3 Å². The van der Waals surface area contributed by atoms with Gasteiger partial charge in [-0.25, -0.2) is 9.97 Å². The van der Waals surface area contributed by atoms with Crippen LogP contribution in [0.3, 0.4) is 0 Å². The standard InChI is InChI=1S/C24H22N6O3/c31-22(8-13-30-14-12-26-17-30)28-20-4-1-3-19(15-20)24(32)29-23-21(5-2-9-27-23)33-16-18-6-10-25-11-7-18/h1-7,9-12,14-15,17H,8,13,16H2,(H,28,31)(H,27,29,32). The van der Waals surface area contributed by atoms with Crippen molar-refractivity contribution in [2.45, 2.75) is 19.6 Å². The molecule has 0 radical (unpaired) electrons. The molecule has 3 aromatic heterocycles. The van der Waals surface area contributed by atoms with E-state index in [1.165, 1.54) is 0 Å². The highest BCUT2D eigenvalue weighted by Crippen LogP contribution is 2.23. The van der Waals surface area contributed by atoms with Crippen molar-refractivity contribution in [3.8, 4) is 5.75 Å². The van der Waals surface area contributed by atoms with E-state index >= 15 is 0 Å². The monoisotopic (exact) mass is 442 g/mol. The molecule has 4 aromatic rings. The molecule has 2 N–H and O–H groups in total. The third-order valence-corrected chi connectivity index (χ3v) is 4.71. The summed E-state index contributed by atoms with van der Waals surface area (Å²) in [6, 6.07) is 13.9. The first kappa shape index (κ1) is 21.7. The second kappa shape index (κ2) is 10.7. The van der Waals surface area contributed by atoms with Crippen LogP contribution in [-0.2, 0) is 17.9 Å². The van der Waals surface area contributed by atoms with E-state index in [0.717, 1.165) is 5.56 Å². The summed E-state index contributed by atoms with van der Waals surface area (Å²) < 4.78 is 7.65. The molecule has 0 bridgehead atoms. The number of amides is 2. The molecule has 166 valence electrons. The largest absolute Gasteiger partial charge is 0.485 e. The van der Waals surface area contributed by atoms with E-state index in [1.54, 1.807) is 73.7 Å². The molecule has 0 atom stereocenters. The molecule has 0 fully saturated rings. The minimum absolute atomic E-state index is 0.155. The molecule has 2 amide bonds. The first-order valence-corrected chi connectivity index (χ1v) is 10.3. The second-order valence-corrected chi connectivity index (χ2v) is 7.13. The number of aryl methyl sites for hydroxylation is 1. The van der Waals surface area contributed by atoms with E-state index in [0.29, 0.717) is 42.4 Å². The van der Waals surface area contributed by atoms with Crippen LogP contribution < -0.4 is 15.4 Å². The zero-order valence-corrected chi connectivity index (χ0v) is 17.7. The van der Waals surface area contributed by atoms with Crippen LogP contribution in [0.5, 0.6) is 5.75 Å². The van der Waals surface area contributed by atoms with Crippen LogP contribution >= 0.6 is 0 Å². The van der Waals surface area contributed by atoms with E-state index in [-0.39, 0.29) is 11.8 Å². The summed E-state index contributed by atoms with van der Waals surface area (Å²) in [5.74, 6) is 0.243. The van der Waals surface area contributed by atoms with Gasteiger partial charge in [0.1, 0.15) is 6.61 Å². The molecule has 0 unspecified atom stereocenters. The van der Waals surface area contributed by atoms with Gasteiger partial charge in [-0.05, 0) is 48.0 Å².